The number of alkyl halides is 1. The van der Waals surface area contributed by atoms with Gasteiger partial charge in [-0.2, -0.15) is 0 Å². The molecule has 2 aliphatic rings. The number of hydrogen-bond acceptors (Lipinski definition) is 6. The van der Waals surface area contributed by atoms with Crippen LogP contribution in [0.25, 0.3) is 33.3 Å². The summed E-state index contributed by atoms with van der Waals surface area (Å²) in [7, 11) is 1.86. The van der Waals surface area contributed by atoms with E-state index < -0.39 is 23.3 Å². The maximum atomic E-state index is 14.1. The average Bonchev–Trinajstić information content (AvgIpc) is 3.63. The molecule has 0 atom stereocenters. The Labute approximate surface area is 256 Å². The van der Waals surface area contributed by atoms with E-state index in [0.717, 1.165) is 11.1 Å². The summed E-state index contributed by atoms with van der Waals surface area (Å²) in [6, 6.07) is 8.39. The maximum Gasteiger partial charge on any atom is 0.283 e. The van der Waals surface area contributed by atoms with E-state index in [1.54, 1.807) is 36.5 Å². The number of rotatable bonds is 7. The van der Waals surface area contributed by atoms with Crippen molar-refractivity contribution in [3.63, 3.8) is 0 Å². The van der Waals surface area contributed by atoms with Gasteiger partial charge < -0.3 is 25.7 Å². The lowest BCUT2D eigenvalue weighted by Gasteiger charge is -2.20. The molecule has 1 aliphatic heterocycles. The maximum absolute atomic E-state index is 14.1. The molecule has 224 valence electrons. The molecule has 0 radical (unpaired) electrons. The van der Waals surface area contributed by atoms with Crippen molar-refractivity contribution in [1.29, 1.82) is 0 Å². The lowest BCUT2D eigenvalue weighted by atomic mass is 9.98. The molecule has 2 fully saturated rings. The van der Waals surface area contributed by atoms with E-state index in [1.807, 2.05) is 11.6 Å². The van der Waals surface area contributed by atoms with E-state index in [0.29, 0.717) is 59.5 Å². The van der Waals surface area contributed by atoms with Crippen molar-refractivity contribution in [2.24, 2.45) is 13.0 Å². The normalized spacial score (nSPS) is 15.2. The van der Waals surface area contributed by atoms with Crippen LogP contribution < -0.4 is 16.4 Å². The summed E-state index contributed by atoms with van der Waals surface area (Å²) in [6.07, 6.45) is 3.95. The van der Waals surface area contributed by atoms with Crippen LogP contribution in [0.15, 0.2) is 55.1 Å². The highest BCUT2D eigenvalue weighted by Gasteiger charge is 2.43. The summed E-state index contributed by atoms with van der Waals surface area (Å²) >= 11 is 6.59. The molecular weight excluding hydrogens is 590 g/mol. The number of halogens is 3. The summed E-state index contributed by atoms with van der Waals surface area (Å²) in [5, 5.41) is 5.69. The second kappa shape index (κ2) is 11.4. The fraction of sp³-hybridized carbons (Fsp3) is 0.250. The van der Waals surface area contributed by atoms with E-state index in [2.05, 4.69) is 39.0 Å². The highest BCUT2D eigenvalue weighted by Crippen LogP contribution is 2.44. The topological polar surface area (TPSA) is 124 Å². The van der Waals surface area contributed by atoms with Crippen LogP contribution in [-0.4, -0.2) is 51.8 Å². The van der Waals surface area contributed by atoms with Crippen molar-refractivity contribution < 1.29 is 23.1 Å². The molecule has 4 N–H and O–H groups in total. The van der Waals surface area contributed by atoms with E-state index in [9.17, 15) is 18.4 Å². The van der Waals surface area contributed by atoms with Gasteiger partial charge in [0.1, 0.15) is 17.2 Å². The lowest BCUT2D eigenvalue weighted by molar-refractivity contribution is -0.114. The van der Waals surface area contributed by atoms with Crippen LogP contribution in [0.2, 0.25) is 5.02 Å². The van der Waals surface area contributed by atoms with Crippen molar-refractivity contribution in [2.75, 3.05) is 30.8 Å². The number of carbonyl (C=O) groups excluding carboxylic acids is 2. The van der Waals surface area contributed by atoms with Gasteiger partial charge >= 0.3 is 0 Å². The number of anilines is 2. The molecule has 4 aromatic rings. The summed E-state index contributed by atoms with van der Waals surface area (Å²) in [5.41, 5.74) is 9.44. The van der Waals surface area contributed by atoms with Gasteiger partial charge in [0.25, 0.3) is 11.8 Å². The molecule has 1 saturated heterocycles. The van der Waals surface area contributed by atoms with Gasteiger partial charge in [0.15, 0.2) is 5.83 Å². The number of hydrogen-bond donors (Lipinski definition) is 3. The SMILES string of the molecule is C=C(F)C(=O)Nc1ccc(-c2c(-c3cnc(C(=O)NCC4(F)CC4)c(Cl)c3)c3c(N)ncc(C#CC4COC4)c3n2C)cc1. The molecule has 0 unspecified atom stereocenters. The first-order chi connectivity index (χ1) is 21.0. The summed E-state index contributed by atoms with van der Waals surface area (Å²) in [4.78, 5) is 33.3. The molecule has 1 saturated carbocycles. The number of pyridine rings is 2. The van der Waals surface area contributed by atoms with Gasteiger partial charge in [0.2, 0.25) is 0 Å². The zero-order valence-corrected chi connectivity index (χ0v) is 24.4. The Balaban J connectivity index is 1.48. The zero-order valence-electron chi connectivity index (χ0n) is 23.6. The van der Waals surface area contributed by atoms with Crippen molar-refractivity contribution in [3.05, 3.63) is 71.4 Å². The van der Waals surface area contributed by atoms with E-state index >= 15 is 0 Å². The third kappa shape index (κ3) is 5.62. The number of aromatic nitrogens is 3. The largest absolute Gasteiger partial charge is 0.383 e. The molecule has 4 heterocycles. The Bertz CT molecular complexity index is 1900. The second-order valence-corrected chi connectivity index (χ2v) is 11.3. The van der Waals surface area contributed by atoms with Crippen LogP contribution >= 0.6 is 11.6 Å². The molecule has 6 rings (SSSR count). The first kappa shape index (κ1) is 29.3. The van der Waals surface area contributed by atoms with Crippen LogP contribution in [0.1, 0.15) is 28.9 Å². The van der Waals surface area contributed by atoms with Crippen LogP contribution in [0.4, 0.5) is 20.3 Å². The monoisotopic (exact) mass is 616 g/mol. The van der Waals surface area contributed by atoms with Gasteiger partial charge in [0.05, 0.1) is 52.9 Å². The number of carbonyl (C=O) groups is 2. The molecule has 1 aliphatic carbocycles. The van der Waals surface area contributed by atoms with Gasteiger partial charge in [-0.05, 0) is 36.6 Å². The van der Waals surface area contributed by atoms with Crippen molar-refractivity contribution in [2.45, 2.75) is 18.5 Å². The molecule has 9 nitrogen and oxygen atoms in total. The molecule has 2 amide bonds. The van der Waals surface area contributed by atoms with Crippen molar-refractivity contribution in [1.82, 2.24) is 19.9 Å². The Morgan fingerprint density at radius 1 is 1.20 bits per heavy atom. The molecule has 12 heteroatoms. The zero-order chi connectivity index (χ0) is 31.2. The highest BCUT2D eigenvalue weighted by molar-refractivity contribution is 6.34. The molecule has 0 spiro atoms. The number of ether oxygens (including phenoxy) is 1. The van der Waals surface area contributed by atoms with Gasteiger partial charge in [-0.15, -0.1) is 0 Å². The molecular formula is C32H27ClF2N6O3. The predicted octanol–water partition coefficient (Wildman–Crippen LogP) is 5.19. The minimum atomic E-state index is -1.37. The molecule has 0 bridgehead atoms. The average molecular weight is 617 g/mol. The van der Waals surface area contributed by atoms with Gasteiger partial charge in [-0.3, -0.25) is 9.59 Å². The van der Waals surface area contributed by atoms with Crippen LogP contribution in [-0.2, 0) is 16.6 Å². The highest BCUT2D eigenvalue weighted by atomic mass is 35.5. The summed E-state index contributed by atoms with van der Waals surface area (Å²) in [5.74, 6) is 4.20. The molecule has 44 heavy (non-hydrogen) atoms. The number of nitrogen functional groups attached to an aromatic ring is 1. The van der Waals surface area contributed by atoms with E-state index in [4.69, 9.17) is 22.1 Å². The first-order valence-electron chi connectivity index (χ1n) is 13.8. The van der Waals surface area contributed by atoms with Crippen LogP contribution in [0.3, 0.4) is 0 Å². The van der Waals surface area contributed by atoms with Gasteiger partial charge in [-0.1, -0.05) is 42.2 Å². The van der Waals surface area contributed by atoms with E-state index in [-0.39, 0.29) is 29.0 Å². The number of nitrogens with zero attached hydrogens (tertiary/aromatic N) is 3. The quantitative estimate of drug-likeness (QED) is 0.194. The summed E-state index contributed by atoms with van der Waals surface area (Å²) in [6.45, 7) is 4.05. The van der Waals surface area contributed by atoms with Gasteiger partial charge in [0, 0.05) is 36.3 Å². The first-order valence-corrected chi connectivity index (χ1v) is 14.2. The Morgan fingerprint density at radius 3 is 2.55 bits per heavy atom. The minimum Gasteiger partial charge on any atom is -0.383 e. The van der Waals surface area contributed by atoms with E-state index in [1.165, 1.54) is 6.20 Å². The van der Waals surface area contributed by atoms with Gasteiger partial charge in [-0.25, -0.2) is 18.7 Å². The fourth-order valence-electron chi connectivity index (χ4n) is 5.00. The smallest absolute Gasteiger partial charge is 0.283 e. The Kier molecular flexibility index (Phi) is 7.57. The summed E-state index contributed by atoms with van der Waals surface area (Å²) < 4.78 is 34.5. The van der Waals surface area contributed by atoms with Crippen molar-refractivity contribution >= 4 is 45.8 Å². The molecule has 1 aromatic carbocycles. The standard InChI is InChI=1S/C32H27ClF2N6O3/c1-17(34)30(42)40-22-7-5-19(6-8-22)27-24(21-11-23(33)26(37-13-21)31(43)39-16-32(35)9-10-32)25-28(41(27)2)20(12-38-29(25)36)4-3-18-14-44-15-18/h5-8,11-13,18H,1,9-10,14-16H2,2H3,(H2,36,38)(H,39,43)(H,40,42). The number of nitrogens with one attached hydrogen (secondary N) is 2. The Hall–Kier alpha value is -4.79. The number of amides is 2. The van der Waals surface area contributed by atoms with Crippen LogP contribution in [0, 0.1) is 17.8 Å². The number of benzene rings is 1. The Morgan fingerprint density at radius 2 is 1.93 bits per heavy atom. The second-order valence-electron chi connectivity index (χ2n) is 10.9. The predicted molar refractivity (Wildman–Crippen MR) is 164 cm³/mol. The number of aryl methyl sites for hydroxylation is 1. The third-order valence-electron chi connectivity index (χ3n) is 7.65. The lowest BCUT2D eigenvalue weighted by Crippen LogP contribution is -2.31. The molecule has 3 aromatic heterocycles. The number of nitrogens with two attached hydrogens (primary N) is 1. The third-order valence-corrected chi connectivity index (χ3v) is 7.94. The van der Waals surface area contributed by atoms with Crippen LogP contribution in [0.5, 0.6) is 0 Å². The fourth-order valence-corrected chi connectivity index (χ4v) is 5.26. The van der Waals surface area contributed by atoms with Crippen molar-refractivity contribution in [3.8, 4) is 34.2 Å². The minimum absolute atomic E-state index is 0.0311. The number of fused-ring (bicyclic) bond motifs is 1.